The fraction of sp³-hybridized carbons (Fsp3) is 0.679. The van der Waals surface area contributed by atoms with Crippen LogP contribution in [0.25, 0.3) is 0 Å². The minimum Gasteiger partial charge on any atom is -0.387 e. The number of unbranched alkanes of at least 4 members (excludes halogenated alkanes) is 16. The molecule has 0 aliphatic rings. The summed E-state index contributed by atoms with van der Waals surface area (Å²) in [4.78, 5) is 23.2. The molecule has 0 fully saturated rings. The molecule has 3 atom stereocenters. The summed E-state index contributed by atoms with van der Waals surface area (Å²) in [6.45, 7) is 4.63. The fourth-order valence-corrected chi connectivity index (χ4v) is 7.15. The number of allylic oxidation sites excluding steroid dienone is 15. The van der Waals surface area contributed by atoms with E-state index in [0.717, 1.165) is 70.6 Å². The Kier molecular flexibility index (Phi) is 41.8. The number of hydrogen-bond donors (Lipinski definition) is 3. The zero-order valence-corrected chi connectivity index (χ0v) is 41.2. The summed E-state index contributed by atoms with van der Waals surface area (Å²) in [5.41, 5.74) is 0. The predicted molar refractivity (Wildman–Crippen MR) is 267 cm³/mol. The average molecular weight is 886 g/mol. The molecule has 0 aromatic rings. The highest BCUT2D eigenvalue weighted by Gasteiger charge is 2.27. The van der Waals surface area contributed by atoms with Gasteiger partial charge in [0.15, 0.2) is 0 Å². The Morgan fingerprint density at radius 2 is 0.984 bits per heavy atom. The lowest BCUT2D eigenvalue weighted by molar-refractivity contribution is -0.870. The van der Waals surface area contributed by atoms with Gasteiger partial charge in [-0.25, -0.2) is 4.57 Å². The van der Waals surface area contributed by atoms with Crippen LogP contribution in [0, 0.1) is 0 Å². The van der Waals surface area contributed by atoms with Gasteiger partial charge in [0, 0.05) is 6.42 Å². The first-order valence-corrected chi connectivity index (χ1v) is 26.1. The molecular formula is C53H94N2O6P+. The van der Waals surface area contributed by atoms with E-state index in [-0.39, 0.29) is 25.5 Å². The molecule has 0 aromatic carbocycles. The smallest absolute Gasteiger partial charge is 0.387 e. The summed E-state index contributed by atoms with van der Waals surface area (Å²) in [5.74, 6) is -0.233. The molecule has 0 radical (unpaired) electrons. The van der Waals surface area contributed by atoms with E-state index in [2.05, 4.69) is 104 Å². The maximum absolute atomic E-state index is 12.9. The van der Waals surface area contributed by atoms with Crippen molar-refractivity contribution >= 4 is 13.7 Å². The van der Waals surface area contributed by atoms with Crippen molar-refractivity contribution in [2.75, 3.05) is 40.9 Å². The second kappa shape index (κ2) is 43.7. The van der Waals surface area contributed by atoms with Crippen LogP contribution in [-0.2, 0) is 18.4 Å². The number of aliphatic hydroxyl groups excluding tert-OH is 1. The fourth-order valence-electron chi connectivity index (χ4n) is 6.41. The van der Waals surface area contributed by atoms with Crippen molar-refractivity contribution in [1.29, 1.82) is 0 Å². The Bertz CT molecular complexity index is 1330. The van der Waals surface area contributed by atoms with Crippen molar-refractivity contribution in [2.45, 2.75) is 193 Å². The molecule has 0 aliphatic heterocycles. The number of likely N-dealkylation sites (N-methyl/N-ethyl adjacent to an activating group) is 1. The van der Waals surface area contributed by atoms with Crippen molar-refractivity contribution in [3.8, 4) is 0 Å². The van der Waals surface area contributed by atoms with Crippen LogP contribution in [0.15, 0.2) is 97.2 Å². The molecule has 3 unspecified atom stereocenters. The van der Waals surface area contributed by atoms with Gasteiger partial charge in [0.25, 0.3) is 0 Å². The topological polar surface area (TPSA) is 105 Å². The summed E-state index contributed by atoms with van der Waals surface area (Å²) in [6.07, 6.45) is 62.1. The number of phosphoric acid groups is 1. The number of hydrogen-bond acceptors (Lipinski definition) is 5. The summed E-state index contributed by atoms with van der Waals surface area (Å²) < 4.78 is 23.6. The number of amides is 1. The highest BCUT2D eigenvalue weighted by molar-refractivity contribution is 7.47. The molecule has 1 amide bonds. The molecular weight excluding hydrogens is 792 g/mol. The van der Waals surface area contributed by atoms with Crippen LogP contribution < -0.4 is 5.32 Å². The number of nitrogens with one attached hydrogen (secondary N) is 1. The number of aliphatic hydroxyl groups is 1. The van der Waals surface area contributed by atoms with Crippen LogP contribution in [0.3, 0.4) is 0 Å². The third kappa shape index (κ3) is 45.4. The SMILES string of the molecule is CC/C=C\C/C=C\C/C=C\C/C=C\C/C=C\C/C=C\CCCCC(=O)NC(COP(=O)(O)OCC[N+](C)(C)C)C(O)/C=C/CC/C=C/CCCCCCCCCCCCCCC. The first-order chi connectivity index (χ1) is 30.0. The van der Waals surface area contributed by atoms with Crippen molar-refractivity contribution in [2.24, 2.45) is 0 Å². The van der Waals surface area contributed by atoms with Crippen molar-refractivity contribution in [3.05, 3.63) is 97.2 Å². The third-order valence-electron chi connectivity index (χ3n) is 10.3. The Morgan fingerprint density at radius 3 is 1.48 bits per heavy atom. The van der Waals surface area contributed by atoms with Gasteiger partial charge in [-0.2, -0.15) is 0 Å². The molecule has 0 spiro atoms. The highest BCUT2D eigenvalue weighted by Crippen LogP contribution is 2.43. The van der Waals surface area contributed by atoms with E-state index in [0.29, 0.717) is 17.4 Å². The maximum atomic E-state index is 12.9. The van der Waals surface area contributed by atoms with Crippen molar-refractivity contribution < 1.29 is 32.9 Å². The van der Waals surface area contributed by atoms with E-state index in [1.165, 1.54) is 83.5 Å². The first kappa shape index (κ1) is 59.4. The van der Waals surface area contributed by atoms with E-state index >= 15 is 0 Å². The molecule has 0 aliphatic carbocycles. The highest BCUT2D eigenvalue weighted by atomic mass is 31.2. The zero-order chi connectivity index (χ0) is 45.7. The largest absolute Gasteiger partial charge is 0.472 e. The lowest BCUT2D eigenvalue weighted by Gasteiger charge is -2.25. The van der Waals surface area contributed by atoms with Crippen LogP contribution in [-0.4, -0.2) is 73.4 Å². The molecule has 0 saturated heterocycles. The maximum Gasteiger partial charge on any atom is 0.472 e. The Labute approximate surface area is 381 Å². The molecule has 62 heavy (non-hydrogen) atoms. The zero-order valence-electron chi connectivity index (χ0n) is 40.3. The summed E-state index contributed by atoms with van der Waals surface area (Å²) in [6, 6.07) is -0.893. The average Bonchev–Trinajstić information content (AvgIpc) is 3.23. The standard InChI is InChI=1S/C53H93N2O6P/c1-6-8-10-12-14-16-18-20-22-24-26-27-29-31-33-35-37-39-41-43-45-47-53(57)54-51(50-61-62(58,59)60-49-48-55(3,4)5)52(56)46-44-42-40-38-36-34-32-30-28-25-23-21-19-17-15-13-11-9-7-2/h8,10,14,16,20,22,26-27,31,33,36-39,44,46,51-52,56H,6-7,9,11-13,15,17-19,21,23-25,28-30,32,34-35,40-43,45,47-50H2,1-5H3,(H-,54,57,58,59)/p+1/b10-8-,16-14-,22-20-,27-26-,33-31-,38-36+,39-37-,46-44+. The predicted octanol–water partition coefficient (Wildman–Crippen LogP) is 14.3. The van der Waals surface area contributed by atoms with Crippen LogP contribution >= 0.6 is 7.82 Å². The Hall–Kier alpha value is -2.58. The molecule has 9 heteroatoms. The molecule has 8 nitrogen and oxygen atoms in total. The Morgan fingerprint density at radius 1 is 0.565 bits per heavy atom. The summed E-state index contributed by atoms with van der Waals surface area (Å²) >= 11 is 0. The van der Waals surface area contributed by atoms with Gasteiger partial charge in [-0.1, -0.05) is 188 Å². The molecule has 0 bridgehead atoms. The van der Waals surface area contributed by atoms with Gasteiger partial charge in [0.2, 0.25) is 5.91 Å². The van der Waals surface area contributed by atoms with Gasteiger partial charge in [-0.05, 0) is 83.5 Å². The third-order valence-corrected chi connectivity index (χ3v) is 11.3. The normalized spacial score (nSPS) is 15.0. The molecule has 3 N–H and O–H groups in total. The van der Waals surface area contributed by atoms with Gasteiger partial charge >= 0.3 is 7.82 Å². The number of phosphoric ester groups is 1. The number of rotatable bonds is 43. The van der Waals surface area contributed by atoms with Crippen LogP contribution in [0.4, 0.5) is 0 Å². The number of carbonyl (C=O) groups is 1. The number of quaternary nitrogens is 1. The molecule has 0 aromatic heterocycles. The van der Waals surface area contributed by atoms with E-state index in [1.54, 1.807) is 6.08 Å². The number of carbonyl (C=O) groups excluding carboxylic acids is 1. The quantitative estimate of drug-likeness (QED) is 0.0244. The van der Waals surface area contributed by atoms with Gasteiger partial charge in [-0.3, -0.25) is 13.8 Å². The summed E-state index contributed by atoms with van der Waals surface area (Å²) in [7, 11) is 1.51. The number of nitrogens with zero attached hydrogens (tertiary/aromatic N) is 1. The molecule has 0 saturated carbocycles. The lowest BCUT2D eigenvalue weighted by atomic mass is 10.0. The van der Waals surface area contributed by atoms with E-state index in [1.807, 2.05) is 27.2 Å². The minimum absolute atomic E-state index is 0.0421. The minimum atomic E-state index is -4.37. The second-order valence-electron chi connectivity index (χ2n) is 17.4. The van der Waals surface area contributed by atoms with Gasteiger partial charge in [0.1, 0.15) is 13.2 Å². The van der Waals surface area contributed by atoms with Crippen LogP contribution in [0.1, 0.15) is 181 Å². The molecule has 0 heterocycles. The van der Waals surface area contributed by atoms with Gasteiger partial charge in [0.05, 0.1) is 39.9 Å². The van der Waals surface area contributed by atoms with E-state index < -0.39 is 20.0 Å². The molecule has 0 rings (SSSR count). The van der Waals surface area contributed by atoms with Gasteiger partial charge < -0.3 is 19.8 Å². The van der Waals surface area contributed by atoms with E-state index in [9.17, 15) is 19.4 Å². The first-order valence-electron chi connectivity index (χ1n) is 24.6. The lowest BCUT2D eigenvalue weighted by Crippen LogP contribution is -2.45. The van der Waals surface area contributed by atoms with Crippen LogP contribution in [0.5, 0.6) is 0 Å². The van der Waals surface area contributed by atoms with Crippen molar-refractivity contribution in [3.63, 3.8) is 0 Å². The monoisotopic (exact) mass is 886 g/mol. The van der Waals surface area contributed by atoms with Crippen molar-refractivity contribution in [1.82, 2.24) is 5.32 Å². The van der Waals surface area contributed by atoms with Gasteiger partial charge in [-0.15, -0.1) is 0 Å². The second-order valence-corrected chi connectivity index (χ2v) is 18.9. The summed E-state index contributed by atoms with van der Waals surface area (Å²) in [5, 5.41) is 13.8. The molecule has 356 valence electrons. The van der Waals surface area contributed by atoms with E-state index in [4.69, 9.17) is 9.05 Å². The Balaban J connectivity index is 4.52. The van der Waals surface area contributed by atoms with Crippen LogP contribution in [0.2, 0.25) is 0 Å².